The van der Waals surface area contributed by atoms with Crippen molar-refractivity contribution in [3.05, 3.63) is 0 Å². The van der Waals surface area contributed by atoms with Crippen LogP contribution in [0.3, 0.4) is 0 Å². The molecule has 5 heteroatoms. The summed E-state index contributed by atoms with van der Waals surface area (Å²) in [5.41, 5.74) is 2.82. The van der Waals surface area contributed by atoms with Crippen molar-refractivity contribution in [1.29, 1.82) is 0 Å². The smallest absolute Gasteiger partial charge is 0.317 e. The number of urea groups is 1. The molecule has 1 aliphatic heterocycles. The van der Waals surface area contributed by atoms with Gasteiger partial charge in [-0.15, -0.1) is 0 Å². The summed E-state index contributed by atoms with van der Waals surface area (Å²) < 4.78 is 0. The van der Waals surface area contributed by atoms with Crippen LogP contribution in [0.1, 0.15) is 20.8 Å². The minimum atomic E-state index is 0.00880. The van der Waals surface area contributed by atoms with E-state index in [1.54, 1.807) is 4.90 Å². The first-order valence-corrected chi connectivity index (χ1v) is 4.94. The number of nitrogens with one attached hydrogen (secondary N) is 2. The molecule has 1 aliphatic rings. The molecule has 0 radical (unpaired) electrons. The van der Waals surface area contributed by atoms with E-state index in [9.17, 15) is 4.79 Å². The van der Waals surface area contributed by atoms with Gasteiger partial charge in [-0.1, -0.05) is 20.8 Å². The third-order valence-electron chi connectivity index (χ3n) is 2.59. The zero-order valence-electron chi connectivity index (χ0n) is 9.13. The Bertz CT molecular complexity index is 211. The molecule has 1 fully saturated rings. The minimum Gasteiger partial charge on any atom is -0.336 e. The first-order chi connectivity index (χ1) is 6.45. The Morgan fingerprint density at radius 1 is 1.64 bits per heavy atom. The molecule has 0 spiro atoms. The molecule has 0 aliphatic carbocycles. The van der Waals surface area contributed by atoms with Crippen LogP contribution in [-0.2, 0) is 0 Å². The molecule has 0 aromatic heterocycles. The van der Waals surface area contributed by atoms with E-state index in [4.69, 9.17) is 5.84 Å². The first-order valence-electron chi connectivity index (χ1n) is 4.94. The second-order valence-electron chi connectivity index (χ2n) is 4.76. The predicted octanol–water partition coefficient (Wildman–Crippen LogP) is -0.110. The molecule has 82 valence electrons. The fourth-order valence-electron chi connectivity index (χ4n) is 1.48. The van der Waals surface area contributed by atoms with Crippen LogP contribution in [0, 0.1) is 5.41 Å². The van der Waals surface area contributed by atoms with E-state index < -0.39 is 0 Å². The van der Waals surface area contributed by atoms with Gasteiger partial charge < -0.3 is 10.2 Å². The Kier molecular flexibility index (Phi) is 3.34. The van der Waals surface area contributed by atoms with Gasteiger partial charge in [0, 0.05) is 25.7 Å². The summed E-state index contributed by atoms with van der Waals surface area (Å²) in [6.07, 6.45) is 0. The van der Waals surface area contributed by atoms with Crippen molar-refractivity contribution in [2.24, 2.45) is 11.3 Å². The lowest BCUT2D eigenvalue weighted by Crippen LogP contribution is -2.51. The number of hydrazine groups is 1. The summed E-state index contributed by atoms with van der Waals surface area (Å²) in [7, 11) is 0. The lowest BCUT2D eigenvalue weighted by Gasteiger charge is -2.32. The third-order valence-corrected chi connectivity index (χ3v) is 2.59. The topological polar surface area (TPSA) is 70.4 Å². The van der Waals surface area contributed by atoms with Crippen molar-refractivity contribution >= 4 is 6.03 Å². The van der Waals surface area contributed by atoms with Gasteiger partial charge in [-0.2, -0.15) is 0 Å². The fraction of sp³-hybridized carbons (Fsp3) is 0.889. The molecule has 5 nitrogen and oxygen atoms in total. The molecule has 0 bridgehead atoms. The van der Waals surface area contributed by atoms with Gasteiger partial charge in [-0.05, 0) is 5.41 Å². The number of nitrogens with zero attached hydrogens (tertiary/aromatic N) is 1. The Hall–Kier alpha value is -0.810. The standard InChI is InChI=1S/C9H20N4O/c1-9(2,3)7(12-10)6-13-5-4-11-8(13)14/h7,12H,4-6,10H2,1-3H3,(H,11,14)/t7-/m1/s1. The highest BCUT2D eigenvalue weighted by atomic mass is 16.2. The monoisotopic (exact) mass is 200 g/mol. The van der Waals surface area contributed by atoms with E-state index in [2.05, 4.69) is 31.5 Å². The highest BCUT2D eigenvalue weighted by Gasteiger charge is 2.29. The molecule has 0 aromatic carbocycles. The number of carbonyl (C=O) groups excluding carboxylic acids is 1. The maximum Gasteiger partial charge on any atom is 0.317 e. The van der Waals surface area contributed by atoms with E-state index >= 15 is 0 Å². The van der Waals surface area contributed by atoms with Gasteiger partial charge in [0.2, 0.25) is 0 Å². The van der Waals surface area contributed by atoms with Crippen LogP contribution in [0.5, 0.6) is 0 Å². The van der Waals surface area contributed by atoms with Crippen molar-refractivity contribution in [3.63, 3.8) is 0 Å². The molecular formula is C9H20N4O. The molecule has 2 amide bonds. The van der Waals surface area contributed by atoms with Crippen molar-refractivity contribution in [1.82, 2.24) is 15.6 Å². The first kappa shape index (κ1) is 11.3. The quantitative estimate of drug-likeness (QED) is 0.440. The highest BCUT2D eigenvalue weighted by molar-refractivity contribution is 5.76. The van der Waals surface area contributed by atoms with Crippen molar-refractivity contribution in [2.45, 2.75) is 26.8 Å². The molecule has 1 atom stereocenters. The molecule has 14 heavy (non-hydrogen) atoms. The molecule has 0 unspecified atom stereocenters. The van der Waals surface area contributed by atoms with Crippen LogP contribution in [0.2, 0.25) is 0 Å². The van der Waals surface area contributed by atoms with E-state index in [-0.39, 0.29) is 17.5 Å². The van der Waals surface area contributed by atoms with Gasteiger partial charge in [0.1, 0.15) is 0 Å². The number of rotatable bonds is 3. The maximum atomic E-state index is 11.3. The van der Waals surface area contributed by atoms with Gasteiger partial charge in [-0.3, -0.25) is 11.3 Å². The predicted molar refractivity (Wildman–Crippen MR) is 55.5 cm³/mol. The van der Waals surface area contributed by atoms with Crippen LogP contribution >= 0.6 is 0 Å². The summed E-state index contributed by atoms with van der Waals surface area (Å²) in [4.78, 5) is 13.1. The summed E-state index contributed by atoms with van der Waals surface area (Å²) in [6, 6.07) is 0.126. The third kappa shape index (κ3) is 2.59. The van der Waals surface area contributed by atoms with E-state index in [1.807, 2.05) is 0 Å². The zero-order valence-corrected chi connectivity index (χ0v) is 9.13. The van der Waals surface area contributed by atoms with Gasteiger partial charge in [0.05, 0.1) is 0 Å². The SMILES string of the molecule is CC(C)(C)[C@@H](CN1CCNC1=O)NN. The van der Waals surface area contributed by atoms with E-state index in [0.717, 1.165) is 13.1 Å². The summed E-state index contributed by atoms with van der Waals surface area (Å²) in [6.45, 7) is 8.47. The second kappa shape index (κ2) is 4.14. The van der Waals surface area contributed by atoms with E-state index in [0.29, 0.717) is 6.54 Å². The second-order valence-corrected chi connectivity index (χ2v) is 4.76. The molecule has 1 saturated heterocycles. The molecule has 1 rings (SSSR count). The van der Waals surface area contributed by atoms with Crippen LogP contribution in [0.4, 0.5) is 4.79 Å². The van der Waals surface area contributed by atoms with Crippen LogP contribution in [-0.4, -0.2) is 36.6 Å². The maximum absolute atomic E-state index is 11.3. The van der Waals surface area contributed by atoms with Gasteiger partial charge in [0.25, 0.3) is 0 Å². The Morgan fingerprint density at radius 3 is 2.64 bits per heavy atom. The Labute approximate surface area is 85.0 Å². The van der Waals surface area contributed by atoms with E-state index in [1.165, 1.54) is 0 Å². The van der Waals surface area contributed by atoms with Crippen molar-refractivity contribution < 1.29 is 4.79 Å². The van der Waals surface area contributed by atoms with Crippen LogP contribution < -0.4 is 16.6 Å². The van der Waals surface area contributed by atoms with Crippen molar-refractivity contribution in [2.75, 3.05) is 19.6 Å². The molecular weight excluding hydrogens is 180 g/mol. The minimum absolute atomic E-state index is 0.00880. The normalized spacial score (nSPS) is 19.7. The van der Waals surface area contributed by atoms with Gasteiger partial charge in [-0.25, -0.2) is 4.79 Å². The zero-order chi connectivity index (χ0) is 10.8. The van der Waals surface area contributed by atoms with Crippen LogP contribution in [0.25, 0.3) is 0 Å². The number of hydrogen-bond acceptors (Lipinski definition) is 3. The molecule has 4 N–H and O–H groups in total. The lowest BCUT2D eigenvalue weighted by atomic mass is 9.87. The number of amides is 2. The summed E-state index contributed by atoms with van der Waals surface area (Å²) in [5.74, 6) is 5.47. The lowest BCUT2D eigenvalue weighted by molar-refractivity contribution is 0.185. The highest BCUT2D eigenvalue weighted by Crippen LogP contribution is 2.19. The molecule has 0 saturated carbocycles. The Balaban J connectivity index is 2.52. The fourth-order valence-corrected chi connectivity index (χ4v) is 1.48. The summed E-state index contributed by atoms with van der Waals surface area (Å²) >= 11 is 0. The number of carbonyl (C=O) groups is 1. The summed E-state index contributed by atoms with van der Waals surface area (Å²) in [5, 5.41) is 2.77. The Morgan fingerprint density at radius 2 is 2.29 bits per heavy atom. The molecule has 0 aromatic rings. The van der Waals surface area contributed by atoms with Gasteiger partial charge in [0.15, 0.2) is 0 Å². The van der Waals surface area contributed by atoms with Gasteiger partial charge >= 0.3 is 6.03 Å². The van der Waals surface area contributed by atoms with Crippen LogP contribution in [0.15, 0.2) is 0 Å². The molecule has 1 heterocycles. The van der Waals surface area contributed by atoms with Crippen molar-refractivity contribution in [3.8, 4) is 0 Å². The largest absolute Gasteiger partial charge is 0.336 e. The average molecular weight is 200 g/mol. The number of hydrogen-bond donors (Lipinski definition) is 3. The average Bonchev–Trinajstić information content (AvgIpc) is 2.45. The number of nitrogens with two attached hydrogens (primary N) is 1.